The lowest BCUT2D eigenvalue weighted by molar-refractivity contribution is 0.576. The van der Waals surface area contributed by atoms with Gasteiger partial charge in [0.25, 0.3) is 0 Å². The SMILES string of the molecule is NCCC(Sc1cc(F)ccc1F)c1ccccc1. The molecule has 2 aromatic rings. The maximum Gasteiger partial charge on any atom is 0.136 e. The highest BCUT2D eigenvalue weighted by atomic mass is 32.2. The number of benzene rings is 2. The predicted molar refractivity (Wildman–Crippen MR) is 75.1 cm³/mol. The molecule has 0 radical (unpaired) electrons. The van der Waals surface area contributed by atoms with E-state index < -0.39 is 11.6 Å². The molecule has 0 saturated heterocycles. The Hall–Kier alpha value is -1.39. The number of rotatable bonds is 5. The molecule has 1 nitrogen and oxygen atoms in total. The van der Waals surface area contributed by atoms with Gasteiger partial charge in [-0.05, 0) is 36.7 Å². The van der Waals surface area contributed by atoms with Crippen LogP contribution in [0, 0.1) is 11.6 Å². The number of thioether (sulfide) groups is 1. The van der Waals surface area contributed by atoms with Gasteiger partial charge in [-0.3, -0.25) is 0 Å². The van der Waals surface area contributed by atoms with Gasteiger partial charge >= 0.3 is 0 Å². The van der Waals surface area contributed by atoms with Crippen LogP contribution in [-0.4, -0.2) is 6.54 Å². The summed E-state index contributed by atoms with van der Waals surface area (Å²) in [5, 5.41) is 0.0301. The first-order valence-electron chi connectivity index (χ1n) is 6.07. The van der Waals surface area contributed by atoms with Gasteiger partial charge in [0.2, 0.25) is 0 Å². The van der Waals surface area contributed by atoms with Crippen LogP contribution in [0.5, 0.6) is 0 Å². The molecule has 0 heterocycles. The second kappa shape index (κ2) is 6.68. The lowest BCUT2D eigenvalue weighted by atomic mass is 10.1. The number of hydrogen-bond acceptors (Lipinski definition) is 2. The molecule has 2 aromatic carbocycles. The van der Waals surface area contributed by atoms with Crippen molar-refractivity contribution in [1.29, 1.82) is 0 Å². The molecule has 1 atom stereocenters. The molecule has 19 heavy (non-hydrogen) atoms. The summed E-state index contributed by atoms with van der Waals surface area (Å²) >= 11 is 1.31. The number of nitrogens with two attached hydrogens (primary N) is 1. The first kappa shape index (κ1) is 14.0. The number of hydrogen-bond donors (Lipinski definition) is 1. The van der Waals surface area contributed by atoms with E-state index in [2.05, 4.69) is 0 Å². The summed E-state index contributed by atoms with van der Waals surface area (Å²) in [4.78, 5) is 0.322. The Morgan fingerprint density at radius 3 is 2.47 bits per heavy atom. The van der Waals surface area contributed by atoms with E-state index in [0.29, 0.717) is 17.9 Å². The average Bonchev–Trinajstić information content (AvgIpc) is 2.43. The fourth-order valence-electron chi connectivity index (χ4n) is 1.83. The van der Waals surface area contributed by atoms with Crippen LogP contribution in [0.3, 0.4) is 0 Å². The molecule has 0 spiro atoms. The summed E-state index contributed by atoms with van der Waals surface area (Å²) in [6, 6.07) is 13.3. The Labute approximate surface area is 115 Å². The summed E-state index contributed by atoms with van der Waals surface area (Å²) in [5.41, 5.74) is 6.68. The van der Waals surface area contributed by atoms with Gasteiger partial charge < -0.3 is 5.73 Å². The monoisotopic (exact) mass is 279 g/mol. The zero-order valence-electron chi connectivity index (χ0n) is 10.4. The molecule has 0 bridgehead atoms. The molecule has 2 rings (SSSR count). The summed E-state index contributed by atoms with van der Waals surface area (Å²) < 4.78 is 26.8. The van der Waals surface area contributed by atoms with Crippen LogP contribution in [0.25, 0.3) is 0 Å². The van der Waals surface area contributed by atoms with E-state index in [1.165, 1.54) is 17.8 Å². The maximum absolute atomic E-state index is 13.7. The van der Waals surface area contributed by atoms with Crippen molar-refractivity contribution in [2.75, 3.05) is 6.54 Å². The van der Waals surface area contributed by atoms with Gasteiger partial charge in [-0.2, -0.15) is 0 Å². The molecular weight excluding hydrogens is 264 g/mol. The van der Waals surface area contributed by atoms with Gasteiger partial charge in [-0.25, -0.2) is 8.78 Å². The van der Waals surface area contributed by atoms with Crippen LogP contribution in [0.1, 0.15) is 17.2 Å². The van der Waals surface area contributed by atoms with Gasteiger partial charge in [-0.15, -0.1) is 11.8 Å². The lowest BCUT2D eigenvalue weighted by Gasteiger charge is -2.16. The molecule has 0 fully saturated rings. The molecule has 0 aliphatic heterocycles. The van der Waals surface area contributed by atoms with E-state index >= 15 is 0 Å². The first-order chi connectivity index (χ1) is 9.20. The fraction of sp³-hybridized carbons (Fsp3) is 0.200. The average molecular weight is 279 g/mol. The Morgan fingerprint density at radius 2 is 1.79 bits per heavy atom. The smallest absolute Gasteiger partial charge is 0.136 e. The van der Waals surface area contributed by atoms with E-state index in [-0.39, 0.29) is 5.25 Å². The minimum Gasteiger partial charge on any atom is -0.330 e. The Balaban J connectivity index is 2.24. The minimum atomic E-state index is -0.427. The van der Waals surface area contributed by atoms with Crippen molar-refractivity contribution >= 4 is 11.8 Å². The third-order valence-electron chi connectivity index (χ3n) is 2.76. The van der Waals surface area contributed by atoms with Gasteiger partial charge in [0.15, 0.2) is 0 Å². The van der Waals surface area contributed by atoms with E-state index in [4.69, 9.17) is 5.73 Å². The summed E-state index contributed by atoms with van der Waals surface area (Å²) in [6.45, 7) is 0.503. The molecule has 100 valence electrons. The molecule has 0 aliphatic rings. The van der Waals surface area contributed by atoms with Crippen molar-refractivity contribution in [1.82, 2.24) is 0 Å². The van der Waals surface area contributed by atoms with Crippen molar-refractivity contribution < 1.29 is 8.78 Å². The van der Waals surface area contributed by atoms with Crippen LogP contribution in [-0.2, 0) is 0 Å². The van der Waals surface area contributed by atoms with Gasteiger partial charge in [0, 0.05) is 10.1 Å². The van der Waals surface area contributed by atoms with Gasteiger partial charge in [0.1, 0.15) is 11.6 Å². The van der Waals surface area contributed by atoms with E-state index in [1.807, 2.05) is 30.3 Å². The fourth-order valence-corrected chi connectivity index (χ4v) is 3.05. The summed E-state index contributed by atoms with van der Waals surface area (Å²) in [6.07, 6.45) is 0.713. The van der Waals surface area contributed by atoms with Crippen LogP contribution in [0.15, 0.2) is 53.4 Å². The topological polar surface area (TPSA) is 26.0 Å². The molecule has 1 unspecified atom stereocenters. The second-order valence-corrected chi connectivity index (χ2v) is 5.41. The second-order valence-electron chi connectivity index (χ2n) is 4.17. The van der Waals surface area contributed by atoms with Crippen LogP contribution in [0.4, 0.5) is 8.78 Å². The Kier molecular flexibility index (Phi) is 4.93. The first-order valence-corrected chi connectivity index (χ1v) is 6.95. The van der Waals surface area contributed by atoms with E-state index in [9.17, 15) is 8.78 Å². The third kappa shape index (κ3) is 3.78. The molecule has 4 heteroatoms. The summed E-state index contributed by atoms with van der Waals surface area (Å²) in [5.74, 6) is -0.826. The van der Waals surface area contributed by atoms with E-state index in [1.54, 1.807) is 0 Å². The maximum atomic E-state index is 13.7. The molecular formula is C15H15F2NS. The van der Waals surface area contributed by atoms with Crippen molar-refractivity contribution in [3.05, 3.63) is 65.7 Å². The largest absolute Gasteiger partial charge is 0.330 e. The molecule has 0 aliphatic carbocycles. The highest BCUT2D eigenvalue weighted by Gasteiger charge is 2.15. The molecule has 0 saturated carbocycles. The Morgan fingerprint density at radius 1 is 1.05 bits per heavy atom. The predicted octanol–water partition coefficient (Wildman–Crippen LogP) is 4.15. The van der Waals surface area contributed by atoms with Crippen LogP contribution < -0.4 is 5.73 Å². The highest BCUT2D eigenvalue weighted by Crippen LogP contribution is 2.38. The van der Waals surface area contributed by atoms with Crippen LogP contribution >= 0.6 is 11.8 Å². The van der Waals surface area contributed by atoms with Crippen LogP contribution in [0.2, 0.25) is 0 Å². The van der Waals surface area contributed by atoms with Crippen molar-refractivity contribution in [3.63, 3.8) is 0 Å². The van der Waals surface area contributed by atoms with Gasteiger partial charge in [0.05, 0.1) is 0 Å². The highest BCUT2D eigenvalue weighted by molar-refractivity contribution is 7.99. The minimum absolute atomic E-state index is 0.0301. The van der Waals surface area contributed by atoms with Crippen molar-refractivity contribution in [2.24, 2.45) is 5.73 Å². The van der Waals surface area contributed by atoms with E-state index in [0.717, 1.165) is 17.7 Å². The third-order valence-corrected chi connectivity index (χ3v) is 4.12. The lowest BCUT2D eigenvalue weighted by Crippen LogP contribution is -2.05. The zero-order chi connectivity index (χ0) is 13.7. The molecule has 0 amide bonds. The van der Waals surface area contributed by atoms with Crippen molar-refractivity contribution in [2.45, 2.75) is 16.6 Å². The summed E-state index contributed by atoms with van der Waals surface area (Å²) in [7, 11) is 0. The normalized spacial score (nSPS) is 12.4. The van der Waals surface area contributed by atoms with Gasteiger partial charge in [-0.1, -0.05) is 30.3 Å². The Bertz CT molecular complexity index is 531. The number of halogens is 2. The van der Waals surface area contributed by atoms with Crippen molar-refractivity contribution in [3.8, 4) is 0 Å². The zero-order valence-corrected chi connectivity index (χ0v) is 11.2. The molecule has 2 N–H and O–H groups in total. The standard InChI is InChI=1S/C15H15F2NS/c16-12-6-7-13(17)15(10-12)19-14(8-9-18)11-4-2-1-3-5-11/h1-7,10,14H,8-9,18H2. The molecule has 0 aromatic heterocycles. The quantitative estimate of drug-likeness (QED) is 0.832.